The zero-order chi connectivity index (χ0) is 27.2. The number of nitrogens with zero attached hydrogens (tertiary/aromatic N) is 1. The molecule has 1 aliphatic carbocycles. The first-order valence-corrected chi connectivity index (χ1v) is 15.6. The minimum atomic E-state index is -2.92. The molecule has 0 unspecified atom stereocenters. The molecule has 1 aliphatic heterocycles. The monoisotopic (exact) mass is 580 g/mol. The van der Waals surface area contributed by atoms with E-state index in [1.54, 1.807) is 16.4 Å². The molecule has 0 spiro atoms. The van der Waals surface area contributed by atoms with Crippen molar-refractivity contribution in [1.82, 2.24) is 10.6 Å². The van der Waals surface area contributed by atoms with Gasteiger partial charge in [-0.1, -0.05) is 43.2 Å². The third-order valence-electron chi connectivity index (χ3n) is 7.76. The lowest BCUT2D eigenvalue weighted by molar-refractivity contribution is 0.0812. The smallest absolute Gasteiger partial charge is 0.251 e. The molecule has 2 atom stereocenters. The standard InChI is InChI=1S/C29H44N4O4S.ClH/c1-3-30-24-18-23(19-25(20-24)33-15-9-10-16-38(33,36)37)28(35)32-26(17-22-11-5-4-6-12-22)27(34)21-31-29(2)13-7-8-14-29;/h4-6,11-12,18-20,26-27,30-31,34,36-37H,3,7-10,13-17,21H2,1-2H3,(H,32,35);1H/t26-,27-;/m0./s1. The highest BCUT2D eigenvalue weighted by molar-refractivity contribution is 8.25. The number of rotatable bonds is 11. The Hall–Kier alpha value is -2.01. The Morgan fingerprint density at radius 1 is 1.08 bits per heavy atom. The fraction of sp³-hybridized carbons (Fsp3) is 0.552. The molecule has 0 aromatic heterocycles. The van der Waals surface area contributed by atoms with E-state index in [1.165, 1.54) is 12.8 Å². The van der Waals surface area contributed by atoms with Gasteiger partial charge in [-0.25, -0.2) is 0 Å². The summed E-state index contributed by atoms with van der Waals surface area (Å²) in [6.45, 7) is 5.77. The molecule has 0 radical (unpaired) electrons. The lowest BCUT2D eigenvalue weighted by atomic mass is 9.97. The summed E-state index contributed by atoms with van der Waals surface area (Å²) in [4.78, 5) is 13.6. The summed E-state index contributed by atoms with van der Waals surface area (Å²) >= 11 is 0. The van der Waals surface area contributed by atoms with Crippen molar-refractivity contribution in [3.05, 3.63) is 59.7 Å². The maximum atomic E-state index is 13.6. The number of aliphatic hydroxyl groups is 1. The predicted octanol–water partition coefficient (Wildman–Crippen LogP) is 5.43. The van der Waals surface area contributed by atoms with Crippen LogP contribution in [0.15, 0.2) is 48.5 Å². The Morgan fingerprint density at radius 2 is 1.79 bits per heavy atom. The van der Waals surface area contributed by atoms with E-state index in [2.05, 4.69) is 22.9 Å². The topological polar surface area (TPSA) is 117 Å². The predicted molar refractivity (Wildman–Crippen MR) is 164 cm³/mol. The van der Waals surface area contributed by atoms with Crippen LogP contribution in [0.2, 0.25) is 0 Å². The number of carbonyl (C=O) groups is 1. The summed E-state index contributed by atoms with van der Waals surface area (Å²) in [6.07, 6.45) is 5.91. The zero-order valence-electron chi connectivity index (χ0n) is 23.1. The van der Waals surface area contributed by atoms with Crippen LogP contribution in [0.25, 0.3) is 0 Å². The Labute approximate surface area is 240 Å². The number of hydrogen-bond donors (Lipinski definition) is 6. The van der Waals surface area contributed by atoms with E-state index in [0.29, 0.717) is 43.1 Å². The van der Waals surface area contributed by atoms with Crippen LogP contribution in [-0.2, 0) is 6.42 Å². The van der Waals surface area contributed by atoms with Crippen LogP contribution in [0.3, 0.4) is 0 Å². The van der Waals surface area contributed by atoms with Crippen molar-refractivity contribution < 1.29 is 19.0 Å². The van der Waals surface area contributed by atoms with Gasteiger partial charge in [-0.2, -0.15) is 0 Å². The molecule has 2 aromatic carbocycles. The molecule has 4 rings (SSSR count). The van der Waals surface area contributed by atoms with Gasteiger partial charge in [-0.3, -0.25) is 18.2 Å². The lowest BCUT2D eigenvalue weighted by Crippen LogP contribution is -2.52. The van der Waals surface area contributed by atoms with Gasteiger partial charge in [0.2, 0.25) is 0 Å². The fourth-order valence-corrected chi connectivity index (χ4v) is 7.20. The number of β-amino-alcohol motifs (C(OH)–C–C–N with tert-alkyl or cyclic N) is 1. The average molecular weight is 581 g/mol. The van der Waals surface area contributed by atoms with Gasteiger partial charge < -0.3 is 21.1 Å². The van der Waals surface area contributed by atoms with Crippen LogP contribution in [-0.4, -0.2) is 63.2 Å². The molecule has 1 amide bonds. The third kappa shape index (κ3) is 8.49. The normalized spacial score (nSPS) is 20.4. The van der Waals surface area contributed by atoms with Crippen LogP contribution >= 0.6 is 23.2 Å². The van der Waals surface area contributed by atoms with Gasteiger partial charge in [0.1, 0.15) is 0 Å². The van der Waals surface area contributed by atoms with E-state index in [4.69, 9.17) is 0 Å². The molecule has 218 valence electrons. The van der Waals surface area contributed by atoms with Gasteiger partial charge in [0, 0.05) is 36.4 Å². The Morgan fingerprint density at radius 3 is 2.46 bits per heavy atom. The maximum Gasteiger partial charge on any atom is 0.251 e. The largest absolute Gasteiger partial charge is 0.390 e. The average Bonchev–Trinajstić information content (AvgIpc) is 3.34. The second-order valence-corrected chi connectivity index (χ2v) is 13.0. The molecule has 6 N–H and O–H groups in total. The summed E-state index contributed by atoms with van der Waals surface area (Å²) in [6, 6.07) is 14.7. The minimum absolute atomic E-state index is 0. The zero-order valence-corrected chi connectivity index (χ0v) is 24.7. The second kappa shape index (κ2) is 14.1. The molecule has 1 saturated heterocycles. The first-order valence-electron chi connectivity index (χ1n) is 13.9. The highest BCUT2D eigenvalue weighted by atomic mass is 35.5. The minimum Gasteiger partial charge on any atom is -0.390 e. The summed E-state index contributed by atoms with van der Waals surface area (Å²) < 4.78 is 23.0. The second-order valence-electron chi connectivity index (χ2n) is 10.9. The van der Waals surface area contributed by atoms with E-state index in [1.807, 2.05) is 43.3 Å². The Balaban J connectivity index is 0.00000420. The maximum absolute atomic E-state index is 13.6. The van der Waals surface area contributed by atoms with E-state index in [9.17, 15) is 19.0 Å². The van der Waals surface area contributed by atoms with Gasteiger partial charge in [0.25, 0.3) is 5.91 Å². The number of hydrogen-bond acceptors (Lipinski definition) is 7. The number of aliphatic hydroxyl groups excluding tert-OH is 1. The molecule has 39 heavy (non-hydrogen) atoms. The molecule has 2 aromatic rings. The highest BCUT2D eigenvalue weighted by Crippen LogP contribution is 2.50. The van der Waals surface area contributed by atoms with Crippen molar-refractivity contribution in [2.75, 3.05) is 35.0 Å². The van der Waals surface area contributed by atoms with Crippen LogP contribution in [0.1, 0.15) is 68.3 Å². The third-order valence-corrected chi connectivity index (χ3v) is 9.69. The van der Waals surface area contributed by atoms with Crippen molar-refractivity contribution in [1.29, 1.82) is 0 Å². The number of amides is 1. The van der Waals surface area contributed by atoms with Crippen molar-refractivity contribution in [3.63, 3.8) is 0 Å². The van der Waals surface area contributed by atoms with Crippen LogP contribution in [0, 0.1) is 0 Å². The number of benzene rings is 2. The van der Waals surface area contributed by atoms with E-state index in [0.717, 1.165) is 36.9 Å². The molecule has 1 heterocycles. The lowest BCUT2D eigenvalue weighted by Gasteiger charge is -2.47. The van der Waals surface area contributed by atoms with Gasteiger partial charge in [-0.15, -0.1) is 23.2 Å². The van der Waals surface area contributed by atoms with Crippen LogP contribution in [0.4, 0.5) is 11.4 Å². The first kappa shape index (κ1) is 31.5. The van der Waals surface area contributed by atoms with Crippen molar-refractivity contribution >= 4 is 40.5 Å². The van der Waals surface area contributed by atoms with E-state index < -0.39 is 22.9 Å². The summed E-state index contributed by atoms with van der Waals surface area (Å²) in [5.41, 5.74) is 2.83. The van der Waals surface area contributed by atoms with Gasteiger partial charge in [0.15, 0.2) is 0 Å². The molecule has 8 nitrogen and oxygen atoms in total. The van der Waals surface area contributed by atoms with Crippen molar-refractivity contribution in [3.8, 4) is 0 Å². The molecular formula is C29H45ClN4O4S. The van der Waals surface area contributed by atoms with Crippen molar-refractivity contribution in [2.24, 2.45) is 0 Å². The Kier molecular flexibility index (Phi) is 11.4. The molecule has 1 saturated carbocycles. The number of carbonyl (C=O) groups excluding carboxylic acids is 1. The highest BCUT2D eigenvalue weighted by Gasteiger charge is 2.31. The molecule has 2 aliphatic rings. The van der Waals surface area contributed by atoms with Gasteiger partial charge >= 0.3 is 0 Å². The van der Waals surface area contributed by atoms with Crippen molar-refractivity contribution in [2.45, 2.75) is 76.5 Å². The SMILES string of the molecule is CCNc1cc(C(=O)N[C@@H](Cc2ccccc2)[C@@H](O)CNC2(C)CCCC2)cc(N2CCCCS2(O)O)c1.Cl. The number of nitrogens with one attached hydrogen (secondary N) is 3. The quantitative estimate of drug-likeness (QED) is 0.210. The van der Waals surface area contributed by atoms with Crippen LogP contribution < -0.4 is 20.3 Å². The molecule has 0 bridgehead atoms. The molecule has 10 heteroatoms. The first-order chi connectivity index (χ1) is 18.2. The van der Waals surface area contributed by atoms with Crippen LogP contribution in [0.5, 0.6) is 0 Å². The molecular weight excluding hydrogens is 536 g/mol. The van der Waals surface area contributed by atoms with Gasteiger partial charge in [0.05, 0.1) is 23.6 Å². The number of anilines is 2. The Bertz CT molecular complexity index is 1070. The summed E-state index contributed by atoms with van der Waals surface area (Å²) in [7, 11) is -2.92. The molecule has 2 fully saturated rings. The van der Waals surface area contributed by atoms with E-state index in [-0.39, 0.29) is 23.9 Å². The summed E-state index contributed by atoms with van der Waals surface area (Å²) in [5.74, 6) is 0.0311. The van der Waals surface area contributed by atoms with E-state index >= 15 is 0 Å². The van der Waals surface area contributed by atoms with Gasteiger partial charge in [-0.05, 0) is 69.7 Å². The fourth-order valence-electron chi connectivity index (χ4n) is 5.53. The number of halogens is 1. The summed E-state index contributed by atoms with van der Waals surface area (Å²) in [5, 5.41) is 21.2.